The molecule has 0 aromatic heterocycles. The van der Waals surface area contributed by atoms with Crippen LogP contribution in [0.3, 0.4) is 0 Å². The van der Waals surface area contributed by atoms with Crippen molar-refractivity contribution in [1.82, 2.24) is 0 Å². The van der Waals surface area contributed by atoms with E-state index in [2.05, 4.69) is 0 Å². The summed E-state index contributed by atoms with van der Waals surface area (Å²) >= 11 is 0. The highest BCUT2D eigenvalue weighted by molar-refractivity contribution is 5.76. The van der Waals surface area contributed by atoms with Crippen molar-refractivity contribution in [2.45, 2.75) is 26.2 Å². The first-order chi connectivity index (χ1) is 6.24. The van der Waals surface area contributed by atoms with Crippen molar-refractivity contribution < 1.29 is 6.17 Å². The second kappa shape index (κ2) is 4.05. The quantitative estimate of drug-likeness (QED) is 0.669. The van der Waals surface area contributed by atoms with Crippen LogP contribution in [-0.2, 0) is 4.79 Å². The molecule has 0 bridgehead atoms. The zero-order chi connectivity index (χ0) is 9.68. The molecule has 12 heavy (non-hydrogen) atoms. The molecule has 64 valence electrons. The topological polar surface area (TPSA) is 17.1 Å². The second-order valence-corrected chi connectivity index (χ2v) is 3.01. The third kappa shape index (κ3) is 2.50. The van der Waals surface area contributed by atoms with Gasteiger partial charge >= 0.3 is 0 Å². The summed E-state index contributed by atoms with van der Waals surface area (Å²) in [6, 6.07) is 9.78. The lowest BCUT2D eigenvalue weighted by atomic mass is 9.96. The van der Waals surface area contributed by atoms with Crippen LogP contribution in [0.1, 0.15) is 33.1 Å². The van der Waals surface area contributed by atoms with Gasteiger partial charge in [0.05, 0.1) is 0 Å². The minimum atomic E-state index is 0.0682. The predicted molar refractivity (Wildman–Crippen MR) is 50.2 cm³/mol. The fourth-order valence-corrected chi connectivity index (χ4v) is 1.19. The third-order valence-corrected chi connectivity index (χ3v) is 1.80. The number of benzene rings is 1. The summed E-state index contributed by atoms with van der Waals surface area (Å²) in [7, 11) is 0. The molecule has 1 nitrogen and oxygen atoms in total. The van der Waals surface area contributed by atoms with Crippen LogP contribution in [0.25, 0.3) is 0 Å². The predicted octanol–water partition coefficient (Wildman–Crippen LogP) is 2.77. The lowest BCUT2D eigenvalue weighted by Crippen LogP contribution is -1.99. The average molecular weight is 163 g/mol. The van der Waals surface area contributed by atoms with Crippen LogP contribution in [-0.4, -0.2) is 5.78 Å². The molecule has 0 spiro atoms. The first kappa shape index (κ1) is 7.53. The van der Waals surface area contributed by atoms with E-state index in [4.69, 9.17) is 1.37 Å². The number of carbonyl (C=O) groups excluding carboxylic acids is 1. The molecule has 0 aliphatic heterocycles. The van der Waals surface area contributed by atoms with Crippen LogP contribution in [0.2, 0.25) is 0 Å². The Balaban J connectivity index is 2.73. The van der Waals surface area contributed by atoms with Gasteiger partial charge in [0, 0.05) is 7.79 Å². The zero-order valence-corrected chi connectivity index (χ0v) is 7.29. The highest BCUT2D eigenvalue weighted by Gasteiger charge is 2.06. The van der Waals surface area contributed by atoms with Gasteiger partial charge in [-0.2, -0.15) is 0 Å². The summed E-state index contributed by atoms with van der Waals surface area (Å²) in [5, 5.41) is 0. The summed E-state index contributed by atoms with van der Waals surface area (Å²) in [4.78, 5) is 10.9. The minimum absolute atomic E-state index is 0.0682. The van der Waals surface area contributed by atoms with Crippen molar-refractivity contribution in [1.29, 1.82) is 0 Å². The van der Waals surface area contributed by atoms with Crippen LogP contribution in [0, 0.1) is 0 Å². The first-order valence-corrected chi connectivity index (χ1v) is 4.07. The molecule has 1 aromatic rings. The van der Waals surface area contributed by atoms with E-state index >= 15 is 0 Å². The van der Waals surface area contributed by atoms with Crippen molar-refractivity contribution in [3.05, 3.63) is 35.9 Å². The number of ketones is 1. The van der Waals surface area contributed by atoms with Crippen LogP contribution in [0.4, 0.5) is 0 Å². The maximum Gasteiger partial charge on any atom is 0.130 e. The van der Waals surface area contributed by atoms with Crippen LogP contribution in [0.5, 0.6) is 0 Å². The zero-order valence-electron chi connectivity index (χ0n) is 8.29. The molecule has 0 saturated heterocycles. The lowest BCUT2D eigenvalue weighted by Gasteiger charge is -2.08. The monoisotopic (exact) mass is 163 g/mol. The molecule has 0 saturated carbocycles. The van der Waals surface area contributed by atoms with Crippen molar-refractivity contribution >= 4 is 5.78 Å². The molecule has 0 heterocycles. The molecule has 0 aliphatic rings. The van der Waals surface area contributed by atoms with Crippen molar-refractivity contribution in [3.8, 4) is 0 Å². The third-order valence-electron chi connectivity index (χ3n) is 1.80. The largest absolute Gasteiger partial charge is 0.300 e. The van der Waals surface area contributed by atoms with Crippen LogP contribution < -0.4 is 0 Å². The van der Waals surface area contributed by atoms with Crippen molar-refractivity contribution in [2.24, 2.45) is 0 Å². The molecule has 1 unspecified atom stereocenters. The Morgan fingerprint density at radius 3 is 2.67 bits per heavy atom. The summed E-state index contributed by atoms with van der Waals surface area (Å²) in [6.07, 6.45) is 0.480. The summed E-state index contributed by atoms with van der Waals surface area (Å²) in [5.74, 6) is 0.222. The van der Waals surface area contributed by atoms with Gasteiger partial charge in [-0.3, -0.25) is 0 Å². The van der Waals surface area contributed by atoms with E-state index in [9.17, 15) is 4.79 Å². The Bertz CT molecular complexity index is 269. The standard InChI is InChI=1S/C11H14O/c1-9(8-10(2)12)11-6-4-3-5-7-11/h3-7,9H,8H2,1-2H3/i1D. The second-order valence-electron chi connectivity index (χ2n) is 3.01. The Labute approximate surface area is 74.8 Å². The number of hydrogen-bond acceptors (Lipinski definition) is 1. The van der Waals surface area contributed by atoms with Crippen molar-refractivity contribution in [2.75, 3.05) is 0 Å². The van der Waals surface area contributed by atoms with Gasteiger partial charge in [-0.15, -0.1) is 0 Å². The Morgan fingerprint density at radius 1 is 1.50 bits per heavy atom. The molecule has 0 amide bonds. The number of rotatable bonds is 3. The highest BCUT2D eigenvalue weighted by atomic mass is 16.1. The van der Waals surface area contributed by atoms with E-state index < -0.39 is 0 Å². The number of hydrogen-bond donors (Lipinski definition) is 0. The molecule has 1 heteroatoms. The van der Waals surface area contributed by atoms with Gasteiger partial charge < -0.3 is 4.79 Å². The molecule has 0 radical (unpaired) electrons. The molecule has 0 N–H and O–H groups in total. The SMILES string of the molecule is [2H]CC(CC(C)=O)c1ccccc1. The van der Waals surface area contributed by atoms with Gasteiger partial charge in [0.15, 0.2) is 0 Å². The fourth-order valence-electron chi connectivity index (χ4n) is 1.19. The van der Waals surface area contributed by atoms with E-state index in [0.29, 0.717) is 6.42 Å². The van der Waals surface area contributed by atoms with E-state index in [1.807, 2.05) is 30.3 Å². The summed E-state index contributed by atoms with van der Waals surface area (Å²) < 4.78 is 7.34. The molecule has 1 atom stereocenters. The van der Waals surface area contributed by atoms with E-state index in [1.165, 1.54) is 0 Å². The Hall–Kier alpha value is -1.11. The molecule has 1 rings (SSSR count). The first-order valence-electron chi connectivity index (χ1n) is 4.78. The van der Waals surface area contributed by atoms with E-state index in [-0.39, 0.29) is 18.6 Å². The van der Waals surface area contributed by atoms with Crippen molar-refractivity contribution in [3.63, 3.8) is 0 Å². The van der Waals surface area contributed by atoms with E-state index in [0.717, 1.165) is 5.56 Å². The van der Waals surface area contributed by atoms with Gasteiger partial charge in [-0.25, -0.2) is 0 Å². The molecular formula is C11H14O. The number of carbonyl (C=O) groups is 1. The maximum atomic E-state index is 10.9. The lowest BCUT2D eigenvalue weighted by molar-refractivity contribution is -0.117. The maximum absolute atomic E-state index is 10.9. The van der Waals surface area contributed by atoms with Gasteiger partial charge in [-0.1, -0.05) is 37.2 Å². The summed E-state index contributed by atoms with van der Waals surface area (Å²) in [5.41, 5.74) is 1.09. The fraction of sp³-hybridized carbons (Fsp3) is 0.364. The Morgan fingerprint density at radius 2 is 2.17 bits per heavy atom. The molecule has 1 aromatic carbocycles. The molecule has 0 aliphatic carbocycles. The number of Topliss-reactive ketones (excluding diaryl/α,β-unsaturated/α-hetero) is 1. The normalized spacial score (nSPS) is 13.6. The van der Waals surface area contributed by atoms with Gasteiger partial charge in [0.1, 0.15) is 5.78 Å². The van der Waals surface area contributed by atoms with Gasteiger partial charge in [0.25, 0.3) is 0 Å². The van der Waals surface area contributed by atoms with Gasteiger partial charge in [-0.05, 0) is 18.4 Å². The smallest absolute Gasteiger partial charge is 0.130 e. The van der Waals surface area contributed by atoms with Crippen LogP contribution >= 0.6 is 0 Å². The van der Waals surface area contributed by atoms with Gasteiger partial charge in [0.2, 0.25) is 0 Å². The average Bonchev–Trinajstić information content (AvgIpc) is 2.15. The van der Waals surface area contributed by atoms with E-state index in [1.54, 1.807) is 6.92 Å². The Kier molecular flexibility index (Phi) is 2.54. The van der Waals surface area contributed by atoms with Crippen LogP contribution in [0.15, 0.2) is 30.3 Å². The highest BCUT2D eigenvalue weighted by Crippen LogP contribution is 2.18. The minimum Gasteiger partial charge on any atom is -0.300 e. The summed E-state index contributed by atoms with van der Waals surface area (Å²) in [6.45, 7) is 1.86. The molecular weight excluding hydrogens is 148 g/mol. The molecule has 0 fully saturated rings.